The number of carbonyl (C=O) groups is 2. The fourth-order valence-electron chi connectivity index (χ4n) is 2.84. The van der Waals surface area contributed by atoms with E-state index < -0.39 is 11.4 Å². The molecule has 114 valence electrons. The van der Waals surface area contributed by atoms with E-state index in [9.17, 15) is 14.7 Å². The highest BCUT2D eigenvalue weighted by molar-refractivity contribution is 9.10. The van der Waals surface area contributed by atoms with E-state index in [1.165, 1.54) is 0 Å². The Hall–Kier alpha value is -1.36. The molecule has 1 aromatic rings. The second-order valence-electron chi connectivity index (χ2n) is 5.81. The Morgan fingerprint density at radius 3 is 2.52 bits per heavy atom. The summed E-state index contributed by atoms with van der Waals surface area (Å²) in [6, 6.07) is 5.50. The monoisotopic (exact) mass is 353 g/mol. The van der Waals surface area contributed by atoms with Crippen molar-refractivity contribution in [3.05, 3.63) is 33.8 Å². The van der Waals surface area contributed by atoms with Crippen molar-refractivity contribution in [3.8, 4) is 0 Å². The smallest absolute Gasteiger partial charge is 0.311 e. The molecule has 2 rings (SSSR count). The summed E-state index contributed by atoms with van der Waals surface area (Å²) in [6.45, 7) is 2.15. The molecule has 2 N–H and O–H groups in total. The van der Waals surface area contributed by atoms with Crippen LogP contribution in [0.1, 0.15) is 48.0 Å². The largest absolute Gasteiger partial charge is 0.481 e. The van der Waals surface area contributed by atoms with Crippen molar-refractivity contribution >= 4 is 27.8 Å². The second-order valence-corrected chi connectivity index (χ2v) is 6.67. The molecular formula is C16H20BrNO3. The molecule has 5 heteroatoms. The number of nitrogens with one attached hydrogen (secondary N) is 1. The van der Waals surface area contributed by atoms with Crippen molar-refractivity contribution in [3.63, 3.8) is 0 Å². The highest BCUT2D eigenvalue weighted by Crippen LogP contribution is 2.36. The molecule has 0 atom stereocenters. The SMILES string of the molecule is Cc1ccc(C(=O)NCC2(C(=O)O)CCCCC2)c(Br)c1. The van der Waals surface area contributed by atoms with Gasteiger partial charge < -0.3 is 10.4 Å². The molecule has 0 bridgehead atoms. The Morgan fingerprint density at radius 2 is 1.95 bits per heavy atom. The Morgan fingerprint density at radius 1 is 1.29 bits per heavy atom. The van der Waals surface area contributed by atoms with E-state index in [1.54, 1.807) is 6.07 Å². The van der Waals surface area contributed by atoms with Crippen LogP contribution in [0.5, 0.6) is 0 Å². The predicted octanol–water partition coefficient (Wildman–Crippen LogP) is 3.52. The highest BCUT2D eigenvalue weighted by Gasteiger charge is 2.39. The minimum Gasteiger partial charge on any atom is -0.481 e. The van der Waals surface area contributed by atoms with Gasteiger partial charge in [-0.15, -0.1) is 0 Å². The van der Waals surface area contributed by atoms with Crippen LogP contribution in [0.3, 0.4) is 0 Å². The topological polar surface area (TPSA) is 66.4 Å². The average molecular weight is 354 g/mol. The van der Waals surface area contributed by atoms with Crippen LogP contribution in [0.25, 0.3) is 0 Å². The molecule has 1 saturated carbocycles. The van der Waals surface area contributed by atoms with Gasteiger partial charge in [0.15, 0.2) is 0 Å². The number of carboxylic acids is 1. The van der Waals surface area contributed by atoms with Crippen LogP contribution in [0, 0.1) is 12.3 Å². The number of aliphatic carboxylic acids is 1. The van der Waals surface area contributed by atoms with Gasteiger partial charge in [0.1, 0.15) is 0 Å². The second kappa shape index (κ2) is 6.60. The van der Waals surface area contributed by atoms with Gasteiger partial charge in [-0.1, -0.05) is 25.3 Å². The molecule has 0 saturated heterocycles. The first kappa shape index (κ1) is 16.0. The van der Waals surface area contributed by atoms with E-state index in [0.29, 0.717) is 18.4 Å². The number of hydrogen-bond donors (Lipinski definition) is 2. The maximum Gasteiger partial charge on any atom is 0.311 e. The van der Waals surface area contributed by atoms with Gasteiger partial charge in [0, 0.05) is 11.0 Å². The lowest BCUT2D eigenvalue weighted by molar-refractivity contribution is -0.150. The summed E-state index contributed by atoms with van der Waals surface area (Å²) in [5.41, 5.74) is 0.801. The zero-order valence-corrected chi connectivity index (χ0v) is 13.7. The predicted molar refractivity (Wildman–Crippen MR) is 84.4 cm³/mol. The Kier molecular flexibility index (Phi) is 5.04. The van der Waals surface area contributed by atoms with Gasteiger partial charge in [-0.3, -0.25) is 9.59 Å². The molecule has 21 heavy (non-hydrogen) atoms. The lowest BCUT2D eigenvalue weighted by atomic mass is 9.74. The van der Waals surface area contributed by atoms with E-state index >= 15 is 0 Å². The van der Waals surface area contributed by atoms with Crippen LogP contribution in [0.2, 0.25) is 0 Å². The zero-order valence-electron chi connectivity index (χ0n) is 12.1. The van der Waals surface area contributed by atoms with E-state index in [2.05, 4.69) is 21.2 Å². The number of halogens is 1. The van der Waals surface area contributed by atoms with Crippen LogP contribution in [-0.2, 0) is 4.79 Å². The maximum atomic E-state index is 12.3. The van der Waals surface area contributed by atoms with Crippen LogP contribution >= 0.6 is 15.9 Å². The first-order valence-corrected chi connectivity index (χ1v) is 8.02. The molecule has 1 aromatic carbocycles. The van der Waals surface area contributed by atoms with Crippen molar-refractivity contribution in [2.75, 3.05) is 6.54 Å². The average Bonchev–Trinajstić information content (AvgIpc) is 2.45. The quantitative estimate of drug-likeness (QED) is 0.869. The normalized spacial score (nSPS) is 17.2. The molecule has 4 nitrogen and oxygen atoms in total. The van der Waals surface area contributed by atoms with Crippen LogP contribution in [0.4, 0.5) is 0 Å². The molecule has 1 aliphatic rings. The molecule has 0 aromatic heterocycles. The first-order valence-electron chi connectivity index (χ1n) is 7.22. The molecule has 1 amide bonds. The minimum atomic E-state index is -0.801. The number of rotatable bonds is 4. The molecule has 0 heterocycles. The summed E-state index contributed by atoms with van der Waals surface area (Å²) in [5.74, 6) is -1.03. The lowest BCUT2D eigenvalue weighted by Crippen LogP contribution is -2.44. The van der Waals surface area contributed by atoms with E-state index in [-0.39, 0.29) is 12.5 Å². The molecule has 0 spiro atoms. The van der Waals surface area contributed by atoms with E-state index in [0.717, 1.165) is 29.3 Å². The summed E-state index contributed by atoms with van der Waals surface area (Å²) >= 11 is 3.38. The molecule has 0 aliphatic heterocycles. The number of carbonyl (C=O) groups excluding carboxylic acids is 1. The van der Waals surface area contributed by atoms with Crippen molar-refractivity contribution < 1.29 is 14.7 Å². The van der Waals surface area contributed by atoms with Crippen LogP contribution < -0.4 is 5.32 Å². The zero-order chi connectivity index (χ0) is 15.5. The lowest BCUT2D eigenvalue weighted by Gasteiger charge is -2.33. The van der Waals surface area contributed by atoms with Crippen molar-refractivity contribution in [1.82, 2.24) is 5.32 Å². The van der Waals surface area contributed by atoms with Crippen LogP contribution in [0.15, 0.2) is 22.7 Å². The number of benzene rings is 1. The molecule has 1 aliphatic carbocycles. The first-order chi connectivity index (χ1) is 9.94. The van der Waals surface area contributed by atoms with E-state index in [4.69, 9.17) is 0 Å². The van der Waals surface area contributed by atoms with Gasteiger partial charge in [0.05, 0.1) is 11.0 Å². The summed E-state index contributed by atoms with van der Waals surface area (Å²) < 4.78 is 0.730. The third-order valence-corrected chi connectivity index (χ3v) is 4.88. The van der Waals surface area contributed by atoms with Gasteiger partial charge in [-0.05, 0) is 53.4 Å². The van der Waals surface area contributed by atoms with Gasteiger partial charge in [-0.2, -0.15) is 0 Å². The van der Waals surface area contributed by atoms with Crippen molar-refractivity contribution in [2.24, 2.45) is 5.41 Å². The summed E-state index contributed by atoms with van der Waals surface area (Å²) in [7, 11) is 0. The fraction of sp³-hybridized carbons (Fsp3) is 0.500. The number of aryl methyl sites for hydroxylation is 1. The summed E-state index contributed by atoms with van der Waals surface area (Å²) in [6.07, 6.45) is 4.18. The number of hydrogen-bond acceptors (Lipinski definition) is 2. The number of amides is 1. The van der Waals surface area contributed by atoms with Crippen molar-refractivity contribution in [1.29, 1.82) is 0 Å². The maximum absolute atomic E-state index is 12.3. The highest BCUT2D eigenvalue weighted by atomic mass is 79.9. The Balaban J connectivity index is 2.07. The van der Waals surface area contributed by atoms with Gasteiger partial charge in [0.2, 0.25) is 0 Å². The van der Waals surface area contributed by atoms with E-state index in [1.807, 2.05) is 19.1 Å². The minimum absolute atomic E-state index is 0.196. The Bertz CT molecular complexity index is 550. The summed E-state index contributed by atoms with van der Waals surface area (Å²) in [4.78, 5) is 23.8. The summed E-state index contributed by atoms with van der Waals surface area (Å²) in [5, 5.41) is 12.3. The number of carboxylic acid groups (broad SMARTS) is 1. The van der Waals surface area contributed by atoms with Gasteiger partial charge >= 0.3 is 5.97 Å². The van der Waals surface area contributed by atoms with Gasteiger partial charge in [0.25, 0.3) is 5.91 Å². The Labute approximate surface area is 133 Å². The van der Waals surface area contributed by atoms with Crippen molar-refractivity contribution in [2.45, 2.75) is 39.0 Å². The molecule has 1 fully saturated rings. The fourth-order valence-corrected chi connectivity index (χ4v) is 3.52. The molecular weight excluding hydrogens is 334 g/mol. The molecule has 0 unspecified atom stereocenters. The standard InChI is InChI=1S/C16H20BrNO3/c1-11-5-6-12(13(17)9-11)14(19)18-10-16(15(20)21)7-3-2-4-8-16/h5-6,9H,2-4,7-8,10H2,1H3,(H,18,19)(H,20,21). The van der Waals surface area contributed by atoms with Crippen LogP contribution in [-0.4, -0.2) is 23.5 Å². The third kappa shape index (κ3) is 3.64. The third-order valence-electron chi connectivity index (χ3n) is 4.22. The van der Waals surface area contributed by atoms with Gasteiger partial charge in [-0.25, -0.2) is 0 Å². The molecule has 0 radical (unpaired) electrons.